The zero-order valence-corrected chi connectivity index (χ0v) is 11.9. The number of nitrogens with one attached hydrogen (secondary N) is 1. The van der Waals surface area contributed by atoms with E-state index >= 15 is 0 Å². The summed E-state index contributed by atoms with van der Waals surface area (Å²) in [4.78, 5) is 0. The summed E-state index contributed by atoms with van der Waals surface area (Å²) in [5.74, 6) is 3.82. The van der Waals surface area contributed by atoms with Crippen LogP contribution in [0.25, 0.3) is 0 Å². The summed E-state index contributed by atoms with van der Waals surface area (Å²) in [5.41, 5.74) is 1.31. The molecule has 104 valence electrons. The van der Waals surface area contributed by atoms with Crippen LogP contribution in [0, 0.1) is 17.8 Å². The highest BCUT2D eigenvalue weighted by molar-refractivity contribution is 5.28. The summed E-state index contributed by atoms with van der Waals surface area (Å²) in [7, 11) is 0. The summed E-state index contributed by atoms with van der Waals surface area (Å²) >= 11 is 0. The molecule has 2 nitrogen and oxygen atoms in total. The Bertz CT molecular complexity index is 417. The van der Waals surface area contributed by atoms with Crippen LogP contribution < -0.4 is 10.1 Å². The molecule has 2 aliphatic rings. The Hall–Kier alpha value is -1.02. The first-order chi connectivity index (χ1) is 9.35. The zero-order valence-electron chi connectivity index (χ0n) is 11.9. The van der Waals surface area contributed by atoms with Gasteiger partial charge >= 0.3 is 0 Å². The van der Waals surface area contributed by atoms with E-state index in [1.165, 1.54) is 31.2 Å². The normalized spacial score (nSPS) is 28.8. The van der Waals surface area contributed by atoms with Crippen LogP contribution in [0.3, 0.4) is 0 Å². The van der Waals surface area contributed by atoms with Crippen LogP contribution in [0.5, 0.6) is 5.75 Å². The quantitative estimate of drug-likeness (QED) is 0.842. The van der Waals surface area contributed by atoms with Gasteiger partial charge in [-0.3, -0.25) is 0 Å². The molecule has 0 saturated heterocycles. The van der Waals surface area contributed by atoms with Crippen molar-refractivity contribution in [2.45, 2.75) is 39.2 Å². The Labute approximate surface area is 116 Å². The highest BCUT2D eigenvalue weighted by Crippen LogP contribution is 2.48. The number of hydrogen-bond acceptors (Lipinski definition) is 2. The first-order valence-electron chi connectivity index (χ1n) is 7.77. The van der Waals surface area contributed by atoms with Gasteiger partial charge in [-0.05, 0) is 61.3 Å². The molecule has 3 rings (SSSR count). The van der Waals surface area contributed by atoms with Crippen LogP contribution in [0.2, 0.25) is 0 Å². The molecule has 0 heterocycles. The van der Waals surface area contributed by atoms with Crippen molar-refractivity contribution in [1.29, 1.82) is 0 Å². The van der Waals surface area contributed by atoms with Crippen molar-refractivity contribution in [3.63, 3.8) is 0 Å². The third-order valence-corrected chi connectivity index (χ3v) is 4.83. The molecule has 2 aliphatic carbocycles. The molecule has 2 heteroatoms. The fourth-order valence-electron chi connectivity index (χ4n) is 3.80. The van der Waals surface area contributed by atoms with Crippen LogP contribution in [0.4, 0.5) is 0 Å². The smallest absolute Gasteiger partial charge is 0.119 e. The maximum absolute atomic E-state index is 6.04. The molecule has 3 atom stereocenters. The summed E-state index contributed by atoms with van der Waals surface area (Å²) in [5, 5.41) is 3.36. The number of ether oxygens (including phenoxy) is 1. The van der Waals surface area contributed by atoms with E-state index in [4.69, 9.17) is 4.74 Å². The van der Waals surface area contributed by atoms with Gasteiger partial charge in [0.05, 0.1) is 6.61 Å². The first-order valence-corrected chi connectivity index (χ1v) is 7.77. The van der Waals surface area contributed by atoms with E-state index in [1.807, 2.05) is 0 Å². The average Bonchev–Trinajstić information content (AvgIpc) is 3.06. The van der Waals surface area contributed by atoms with Crippen LogP contribution in [-0.2, 0) is 6.54 Å². The molecule has 0 radical (unpaired) electrons. The van der Waals surface area contributed by atoms with Crippen molar-refractivity contribution in [3.05, 3.63) is 29.8 Å². The lowest BCUT2D eigenvalue weighted by Gasteiger charge is -2.21. The van der Waals surface area contributed by atoms with Crippen LogP contribution in [0.1, 0.15) is 38.2 Å². The largest absolute Gasteiger partial charge is 0.493 e. The summed E-state index contributed by atoms with van der Waals surface area (Å²) in [6, 6.07) is 8.52. The summed E-state index contributed by atoms with van der Waals surface area (Å²) in [6.45, 7) is 5.00. The standard InChI is InChI=1S/C17H25NO/c1-2-18-11-14-4-3-5-17(10-14)19-12-16-9-13-6-7-15(16)8-13/h3-5,10,13,15-16,18H,2,6-9,11-12H2,1H3. The van der Waals surface area contributed by atoms with Crippen LogP contribution >= 0.6 is 0 Å². The predicted octanol–water partition coefficient (Wildman–Crippen LogP) is 3.61. The molecular formula is C17H25NO. The molecule has 3 unspecified atom stereocenters. The van der Waals surface area contributed by atoms with E-state index in [-0.39, 0.29) is 0 Å². The van der Waals surface area contributed by atoms with Gasteiger partial charge in [0.2, 0.25) is 0 Å². The van der Waals surface area contributed by atoms with Gasteiger partial charge in [0.15, 0.2) is 0 Å². The Morgan fingerprint density at radius 1 is 1.26 bits per heavy atom. The fraction of sp³-hybridized carbons (Fsp3) is 0.647. The lowest BCUT2D eigenvalue weighted by Crippen LogP contribution is -2.18. The molecule has 2 fully saturated rings. The van der Waals surface area contributed by atoms with Gasteiger partial charge in [0, 0.05) is 6.54 Å². The second-order valence-corrected chi connectivity index (χ2v) is 6.17. The fourth-order valence-corrected chi connectivity index (χ4v) is 3.80. The molecule has 2 bridgehead atoms. The number of hydrogen-bond donors (Lipinski definition) is 1. The highest BCUT2D eigenvalue weighted by atomic mass is 16.5. The molecule has 0 aromatic heterocycles. The van der Waals surface area contributed by atoms with Crippen molar-refractivity contribution < 1.29 is 4.74 Å². The second-order valence-electron chi connectivity index (χ2n) is 6.17. The van der Waals surface area contributed by atoms with E-state index in [0.29, 0.717) is 0 Å². The van der Waals surface area contributed by atoms with Crippen molar-refractivity contribution in [3.8, 4) is 5.75 Å². The molecule has 1 aromatic carbocycles. The number of benzene rings is 1. The first kappa shape index (κ1) is 13.0. The van der Waals surface area contributed by atoms with E-state index in [0.717, 1.165) is 43.2 Å². The molecule has 19 heavy (non-hydrogen) atoms. The lowest BCUT2D eigenvalue weighted by molar-refractivity contribution is 0.195. The maximum atomic E-state index is 6.04. The van der Waals surface area contributed by atoms with E-state index in [9.17, 15) is 0 Å². The SMILES string of the molecule is CCNCc1cccc(OCC2CC3CCC2C3)c1. The van der Waals surface area contributed by atoms with Crippen molar-refractivity contribution in [1.82, 2.24) is 5.32 Å². The molecule has 2 saturated carbocycles. The van der Waals surface area contributed by atoms with Gasteiger partial charge in [-0.15, -0.1) is 0 Å². The second kappa shape index (κ2) is 5.96. The van der Waals surface area contributed by atoms with Gasteiger partial charge < -0.3 is 10.1 Å². The molecule has 0 aliphatic heterocycles. The molecule has 1 N–H and O–H groups in total. The van der Waals surface area contributed by atoms with Gasteiger partial charge in [-0.25, -0.2) is 0 Å². The topological polar surface area (TPSA) is 21.3 Å². The van der Waals surface area contributed by atoms with Gasteiger partial charge in [-0.2, -0.15) is 0 Å². The number of rotatable bonds is 6. The van der Waals surface area contributed by atoms with Crippen molar-refractivity contribution >= 4 is 0 Å². The highest BCUT2D eigenvalue weighted by Gasteiger charge is 2.39. The van der Waals surface area contributed by atoms with Crippen LogP contribution in [-0.4, -0.2) is 13.2 Å². The van der Waals surface area contributed by atoms with Crippen molar-refractivity contribution in [2.75, 3.05) is 13.2 Å². The minimum atomic E-state index is 0.816. The Morgan fingerprint density at radius 2 is 2.21 bits per heavy atom. The van der Waals surface area contributed by atoms with Gasteiger partial charge in [0.1, 0.15) is 5.75 Å². The minimum absolute atomic E-state index is 0.816. The van der Waals surface area contributed by atoms with Gasteiger partial charge in [0.25, 0.3) is 0 Å². The monoisotopic (exact) mass is 259 g/mol. The van der Waals surface area contributed by atoms with E-state index < -0.39 is 0 Å². The van der Waals surface area contributed by atoms with Gasteiger partial charge in [-0.1, -0.05) is 25.5 Å². The lowest BCUT2D eigenvalue weighted by atomic mass is 9.89. The number of fused-ring (bicyclic) bond motifs is 2. The third-order valence-electron chi connectivity index (χ3n) is 4.83. The van der Waals surface area contributed by atoms with E-state index in [1.54, 1.807) is 0 Å². The minimum Gasteiger partial charge on any atom is -0.493 e. The Kier molecular flexibility index (Phi) is 4.07. The Morgan fingerprint density at radius 3 is 2.95 bits per heavy atom. The maximum Gasteiger partial charge on any atom is 0.119 e. The molecular weight excluding hydrogens is 234 g/mol. The summed E-state index contributed by atoms with van der Waals surface area (Å²) in [6.07, 6.45) is 5.79. The van der Waals surface area contributed by atoms with E-state index in [2.05, 4.69) is 36.5 Å². The Balaban J connectivity index is 1.52. The van der Waals surface area contributed by atoms with Crippen molar-refractivity contribution in [2.24, 2.45) is 17.8 Å². The molecule has 0 spiro atoms. The average molecular weight is 259 g/mol. The zero-order chi connectivity index (χ0) is 13.1. The molecule has 1 aromatic rings. The third kappa shape index (κ3) is 3.11. The summed E-state index contributed by atoms with van der Waals surface area (Å²) < 4.78 is 6.04. The predicted molar refractivity (Wildman–Crippen MR) is 78.3 cm³/mol. The molecule has 0 amide bonds. The van der Waals surface area contributed by atoms with Crippen LogP contribution in [0.15, 0.2) is 24.3 Å².